The van der Waals surface area contributed by atoms with E-state index in [0.717, 1.165) is 28.6 Å². The number of hydrogen-bond donors (Lipinski definition) is 2. The van der Waals surface area contributed by atoms with Gasteiger partial charge in [-0.3, -0.25) is 10.1 Å². The summed E-state index contributed by atoms with van der Waals surface area (Å²) in [6.45, 7) is 0.708. The van der Waals surface area contributed by atoms with E-state index in [4.69, 9.17) is 0 Å². The Morgan fingerprint density at radius 3 is 2.22 bits per heavy atom. The number of nitrogens with zero attached hydrogens (tertiary/aromatic N) is 1. The highest BCUT2D eigenvalue weighted by Gasteiger charge is 2.30. The summed E-state index contributed by atoms with van der Waals surface area (Å²) in [5, 5.41) is 13.7. The molecule has 0 saturated carbocycles. The monoisotopic (exact) mass is 438 g/mol. The lowest BCUT2D eigenvalue weighted by atomic mass is 10.1. The molecule has 3 aromatic carbocycles. The smallest absolute Gasteiger partial charge is 0.416 e. The van der Waals surface area contributed by atoms with Crippen molar-refractivity contribution in [2.75, 3.05) is 0 Å². The summed E-state index contributed by atoms with van der Waals surface area (Å²) in [5.74, 6) is -1.06. The van der Waals surface area contributed by atoms with Gasteiger partial charge < -0.3 is 9.67 Å². The topological polar surface area (TPSA) is 54.3 Å². The number of hydrogen-bond acceptors (Lipinski definition) is 2. The van der Waals surface area contributed by atoms with Crippen molar-refractivity contribution in [1.29, 1.82) is 0 Å². The number of halogens is 3. The summed E-state index contributed by atoms with van der Waals surface area (Å²) in [6, 6.07) is 21.1. The minimum absolute atomic E-state index is 0.118. The van der Waals surface area contributed by atoms with Crippen LogP contribution < -0.4 is 5.32 Å². The van der Waals surface area contributed by atoms with Crippen LogP contribution in [0.2, 0.25) is 0 Å². The second-order valence-corrected chi connectivity index (χ2v) is 7.56. The zero-order valence-corrected chi connectivity index (χ0v) is 17.0. The molecule has 0 radical (unpaired) electrons. The van der Waals surface area contributed by atoms with Gasteiger partial charge >= 0.3 is 12.1 Å². The third kappa shape index (κ3) is 4.68. The lowest BCUT2D eigenvalue weighted by molar-refractivity contribution is -0.139. The number of aromatic nitrogens is 1. The van der Waals surface area contributed by atoms with Crippen molar-refractivity contribution in [3.05, 3.63) is 107 Å². The molecule has 7 heteroatoms. The van der Waals surface area contributed by atoms with E-state index in [1.54, 1.807) is 0 Å². The Bertz CT molecular complexity index is 1220. The average Bonchev–Trinajstić information content (AvgIpc) is 3.12. The van der Waals surface area contributed by atoms with Crippen molar-refractivity contribution in [2.24, 2.45) is 0 Å². The fourth-order valence-corrected chi connectivity index (χ4v) is 3.78. The molecule has 1 unspecified atom stereocenters. The fraction of sp³-hybridized carbons (Fsp3) is 0.160. The zero-order valence-electron chi connectivity index (χ0n) is 17.0. The first-order chi connectivity index (χ1) is 15.3. The molecule has 0 amide bonds. The van der Waals surface area contributed by atoms with Gasteiger partial charge in [-0.1, -0.05) is 60.7 Å². The van der Waals surface area contributed by atoms with Crippen molar-refractivity contribution < 1.29 is 23.1 Å². The third-order valence-electron chi connectivity index (χ3n) is 5.36. The quantitative estimate of drug-likeness (QED) is 0.394. The molecule has 0 aliphatic rings. The van der Waals surface area contributed by atoms with E-state index >= 15 is 0 Å². The number of nitrogens with one attached hydrogen (secondary N) is 1. The summed E-state index contributed by atoms with van der Waals surface area (Å²) in [5.41, 5.74) is 2.44. The van der Waals surface area contributed by atoms with Gasteiger partial charge in [0.2, 0.25) is 0 Å². The van der Waals surface area contributed by atoms with Gasteiger partial charge in [-0.05, 0) is 29.3 Å². The molecule has 4 aromatic rings. The van der Waals surface area contributed by atoms with Crippen LogP contribution in [0.1, 0.15) is 28.3 Å². The van der Waals surface area contributed by atoms with Crippen LogP contribution in [-0.4, -0.2) is 15.6 Å². The number of carboxylic acids is 1. The molecule has 0 saturated heterocycles. The molecule has 1 atom stereocenters. The van der Waals surface area contributed by atoms with Crippen molar-refractivity contribution >= 4 is 16.9 Å². The Hall–Kier alpha value is -3.58. The van der Waals surface area contributed by atoms with Gasteiger partial charge in [0.25, 0.3) is 0 Å². The summed E-state index contributed by atoms with van der Waals surface area (Å²) < 4.78 is 40.3. The van der Waals surface area contributed by atoms with Crippen molar-refractivity contribution in [3.63, 3.8) is 0 Å². The number of carboxylic acid groups (broad SMARTS) is 1. The van der Waals surface area contributed by atoms with Crippen molar-refractivity contribution in [1.82, 2.24) is 9.88 Å². The van der Waals surface area contributed by atoms with Crippen LogP contribution >= 0.6 is 0 Å². The Morgan fingerprint density at radius 1 is 0.906 bits per heavy atom. The molecule has 2 N–H and O–H groups in total. The van der Waals surface area contributed by atoms with E-state index in [2.05, 4.69) is 5.32 Å². The maximum absolute atomic E-state index is 12.8. The molecule has 4 rings (SSSR count). The van der Waals surface area contributed by atoms with Crippen LogP contribution in [-0.2, 0) is 24.1 Å². The van der Waals surface area contributed by atoms with Crippen LogP contribution in [0.4, 0.5) is 13.2 Å². The Labute approximate surface area is 182 Å². The lowest BCUT2D eigenvalue weighted by Crippen LogP contribution is -2.28. The molecule has 0 fully saturated rings. The molecular weight excluding hydrogens is 417 g/mol. The van der Waals surface area contributed by atoms with Gasteiger partial charge in [-0.25, -0.2) is 0 Å². The first-order valence-electron chi connectivity index (χ1n) is 10.1. The van der Waals surface area contributed by atoms with Gasteiger partial charge in [-0.2, -0.15) is 13.2 Å². The Kier molecular flexibility index (Phi) is 6.01. The van der Waals surface area contributed by atoms with E-state index < -0.39 is 23.8 Å². The van der Waals surface area contributed by atoms with Gasteiger partial charge in [0.05, 0.1) is 5.56 Å². The highest BCUT2D eigenvalue weighted by molar-refractivity contribution is 5.89. The predicted molar refractivity (Wildman–Crippen MR) is 116 cm³/mol. The first kappa shape index (κ1) is 21.6. The second kappa shape index (κ2) is 8.88. The summed E-state index contributed by atoms with van der Waals surface area (Å²) in [7, 11) is 0. The summed E-state index contributed by atoms with van der Waals surface area (Å²) >= 11 is 0. The molecule has 4 nitrogen and oxygen atoms in total. The van der Waals surface area contributed by atoms with E-state index in [0.29, 0.717) is 17.7 Å². The normalized spacial score (nSPS) is 12.7. The maximum Gasteiger partial charge on any atom is 0.416 e. The van der Waals surface area contributed by atoms with E-state index in [1.165, 1.54) is 12.1 Å². The predicted octanol–water partition coefficient (Wildman–Crippen LogP) is 5.62. The molecule has 32 heavy (non-hydrogen) atoms. The van der Waals surface area contributed by atoms with Crippen molar-refractivity contribution in [3.8, 4) is 0 Å². The van der Waals surface area contributed by atoms with Gasteiger partial charge in [-0.15, -0.1) is 0 Å². The molecular formula is C25H21F3N2O2. The van der Waals surface area contributed by atoms with Gasteiger partial charge in [0.15, 0.2) is 0 Å². The van der Waals surface area contributed by atoms with E-state index in [-0.39, 0.29) is 6.54 Å². The molecule has 164 valence electrons. The molecule has 1 aromatic heterocycles. The second-order valence-electron chi connectivity index (χ2n) is 7.56. The number of aliphatic carboxylic acids is 1. The summed E-state index contributed by atoms with van der Waals surface area (Å²) in [6.07, 6.45) is -2.58. The SMILES string of the molecule is O=C(O)C(NCc1ccc(C(F)(F)F)cc1)c1cn(Cc2ccccc2)c2ccccc12. The van der Waals surface area contributed by atoms with Crippen LogP contribution in [0, 0.1) is 0 Å². The van der Waals surface area contributed by atoms with Crippen LogP contribution in [0.5, 0.6) is 0 Å². The number of para-hydroxylation sites is 1. The minimum atomic E-state index is -4.41. The van der Waals surface area contributed by atoms with E-state index in [9.17, 15) is 23.1 Å². The fourth-order valence-electron chi connectivity index (χ4n) is 3.78. The standard InChI is InChI=1S/C25H21F3N2O2/c26-25(27,28)19-12-10-17(11-13-19)14-29-23(24(31)32)21-16-30(15-18-6-2-1-3-7-18)22-9-5-4-8-20(21)22/h1-13,16,23,29H,14-15H2,(H,31,32). The van der Waals surface area contributed by atoms with Crippen LogP contribution in [0.15, 0.2) is 85.1 Å². The van der Waals surface area contributed by atoms with Gasteiger partial charge in [0.1, 0.15) is 6.04 Å². The van der Waals surface area contributed by atoms with Gasteiger partial charge in [0, 0.05) is 35.8 Å². The average molecular weight is 438 g/mol. The molecule has 0 spiro atoms. The highest BCUT2D eigenvalue weighted by Crippen LogP contribution is 2.30. The largest absolute Gasteiger partial charge is 0.480 e. The van der Waals surface area contributed by atoms with Crippen LogP contribution in [0.25, 0.3) is 10.9 Å². The lowest BCUT2D eigenvalue weighted by Gasteiger charge is -2.15. The maximum atomic E-state index is 12.8. The molecule has 1 heterocycles. The minimum Gasteiger partial charge on any atom is -0.480 e. The highest BCUT2D eigenvalue weighted by atomic mass is 19.4. The number of benzene rings is 3. The number of fused-ring (bicyclic) bond motifs is 1. The Morgan fingerprint density at radius 2 is 1.56 bits per heavy atom. The summed E-state index contributed by atoms with van der Waals surface area (Å²) in [4.78, 5) is 12.1. The number of alkyl halides is 3. The number of carbonyl (C=O) groups is 1. The third-order valence-corrected chi connectivity index (χ3v) is 5.36. The number of rotatable bonds is 7. The van der Waals surface area contributed by atoms with Crippen molar-refractivity contribution in [2.45, 2.75) is 25.3 Å². The van der Waals surface area contributed by atoms with E-state index in [1.807, 2.05) is 65.4 Å². The zero-order chi connectivity index (χ0) is 22.7. The molecule has 0 aliphatic heterocycles. The molecule has 0 aliphatic carbocycles. The first-order valence-corrected chi connectivity index (χ1v) is 10.1. The van der Waals surface area contributed by atoms with Crippen LogP contribution in [0.3, 0.4) is 0 Å². The molecule has 0 bridgehead atoms. The Balaban J connectivity index is 1.61.